The van der Waals surface area contributed by atoms with Crippen molar-refractivity contribution in [2.75, 3.05) is 17.2 Å². The Balaban J connectivity index is 1.94. The number of nitrogens with zero attached hydrogens (tertiary/aromatic N) is 2. The molecule has 0 spiro atoms. The van der Waals surface area contributed by atoms with Gasteiger partial charge >= 0.3 is 18.4 Å². The van der Waals surface area contributed by atoms with Crippen molar-refractivity contribution in [1.82, 2.24) is 15.1 Å². The molecule has 0 aliphatic heterocycles. The van der Waals surface area contributed by atoms with Gasteiger partial charge in [-0.3, -0.25) is 4.79 Å². The van der Waals surface area contributed by atoms with E-state index < -0.39 is 46.8 Å². The summed E-state index contributed by atoms with van der Waals surface area (Å²) >= 11 is 0. The van der Waals surface area contributed by atoms with Crippen LogP contribution in [0.3, 0.4) is 0 Å². The van der Waals surface area contributed by atoms with Crippen LogP contribution in [-0.2, 0) is 12.4 Å². The molecule has 3 aromatic rings. The number of alkyl halides is 6. The summed E-state index contributed by atoms with van der Waals surface area (Å²) in [6, 6.07) is 8.28. The third-order valence-electron chi connectivity index (χ3n) is 4.42. The van der Waals surface area contributed by atoms with Crippen LogP contribution in [0.4, 0.5) is 42.5 Å². The standard InChI is InChI=1S/C21H17F6N5O2/c1-2-28-19(34)31-14-7-4-6-13(10-14)30-18(33)16-11-29-32(17(16)21(25,26)27)15-8-3-5-12(9-15)20(22,23)24/h3-11H,2H2,1H3,(H,30,33)(H2,28,31,34). The van der Waals surface area contributed by atoms with E-state index in [0.717, 1.165) is 12.1 Å². The van der Waals surface area contributed by atoms with Gasteiger partial charge in [0, 0.05) is 17.9 Å². The Kier molecular flexibility index (Phi) is 6.84. The average Bonchev–Trinajstić information content (AvgIpc) is 3.20. The lowest BCUT2D eigenvalue weighted by Crippen LogP contribution is -2.28. The predicted octanol–water partition coefficient (Wildman–Crippen LogP) is 5.30. The van der Waals surface area contributed by atoms with E-state index in [-0.39, 0.29) is 16.1 Å². The Bertz CT molecular complexity index is 1200. The highest BCUT2D eigenvalue weighted by atomic mass is 19.4. The second kappa shape index (κ2) is 9.45. The van der Waals surface area contributed by atoms with Gasteiger partial charge in [-0.15, -0.1) is 0 Å². The van der Waals surface area contributed by atoms with E-state index in [1.807, 2.05) is 0 Å². The van der Waals surface area contributed by atoms with Gasteiger partial charge in [-0.05, 0) is 43.3 Å². The van der Waals surface area contributed by atoms with E-state index in [0.29, 0.717) is 24.9 Å². The molecule has 0 bridgehead atoms. The van der Waals surface area contributed by atoms with Gasteiger partial charge in [-0.25, -0.2) is 9.48 Å². The number of halogens is 6. The highest BCUT2D eigenvalue weighted by Crippen LogP contribution is 2.36. The van der Waals surface area contributed by atoms with Crippen LogP contribution in [-0.4, -0.2) is 28.3 Å². The summed E-state index contributed by atoms with van der Waals surface area (Å²) in [6.07, 6.45) is -9.27. The first kappa shape index (κ1) is 24.6. The van der Waals surface area contributed by atoms with E-state index >= 15 is 0 Å². The number of carbonyl (C=O) groups excluding carboxylic acids is 2. The van der Waals surface area contributed by atoms with Crippen molar-refractivity contribution in [3.63, 3.8) is 0 Å². The molecular formula is C21H17F6N5O2. The van der Waals surface area contributed by atoms with E-state index in [1.54, 1.807) is 6.92 Å². The lowest BCUT2D eigenvalue weighted by Gasteiger charge is -2.14. The van der Waals surface area contributed by atoms with Gasteiger partial charge < -0.3 is 16.0 Å². The van der Waals surface area contributed by atoms with E-state index in [2.05, 4.69) is 21.0 Å². The molecule has 1 heterocycles. The van der Waals surface area contributed by atoms with Crippen LogP contribution in [0.25, 0.3) is 5.69 Å². The van der Waals surface area contributed by atoms with Crippen LogP contribution >= 0.6 is 0 Å². The van der Waals surface area contributed by atoms with E-state index in [1.165, 1.54) is 24.3 Å². The van der Waals surface area contributed by atoms with Gasteiger partial charge in [0.25, 0.3) is 5.91 Å². The van der Waals surface area contributed by atoms with Gasteiger partial charge in [0.2, 0.25) is 0 Å². The smallest absolute Gasteiger partial charge is 0.338 e. The summed E-state index contributed by atoms with van der Waals surface area (Å²) in [5.74, 6) is -1.19. The number of nitrogens with one attached hydrogen (secondary N) is 3. The van der Waals surface area contributed by atoms with Gasteiger partial charge in [0.15, 0.2) is 5.69 Å². The number of rotatable bonds is 5. The molecule has 0 fully saturated rings. The summed E-state index contributed by atoms with van der Waals surface area (Å²) in [7, 11) is 0. The molecule has 3 amide bonds. The number of anilines is 2. The van der Waals surface area contributed by atoms with Crippen molar-refractivity contribution >= 4 is 23.3 Å². The Hall–Kier alpha value is -4.03. The van der Waals surface area contributed by atoms with Crippen LogP contribution in [0, 0.1) is 0 Å². The fourth-order valence-electron chi connectivity index (χ4n) is 3.01. The summed E-state index contributed by atoms with van der Waals surface area (Å²) in [6.45, 7) is 2.06. The van der Waals surface area contributed by atoms with Crippen molar-refractivity contribution in [2.24, 2.45) is 0 Å². The number of hydrogen-bond donors (Lipinski definition) is 3. The number of hydrogen-bond acceptors (Lipinski definition) is 3. The fraction of sp³-hybridized carbons (Fsp3) is 0.190. The fourth-order valence-corrected chi connectivity index (χ4v) is 3.01. The zero-order chi connectivity index (χ0) is 25.1. The third kappa shape index (κ3) is 5.66. The van der Waals surface area contributed by atoms with Crippen LogP contribution in [0.5, 0.6) is 0 Å². The predicted molar refractivity (Wildman–Crippen MR) is 111 cm³/mol. The molecule has 0 aliphatic rings. The molecule has 0 radical (unpaired) electrons. The lowest BCUT2D eigenvalue weighted by atomic mass is 10.1. The summed E-state index contributed by atoms with van der Waals surface area (Å²) in [5.41, 5.74) is -3.79. The molecule has 180 valence electrons. The molecule has 1 aromatic heterocycles. The highest BCUT2D eigenvalue weighted by molar-refractivity contribution is 6.05. The molecule has 34 heavy (non-hydrogen) atoms. The van der Waals surface area contributed by atoms with Crippen molar-refractivity contribution < 1.29 is 35.9 Å². The maximum absolute atomic E-state index is 13.8. The minimum absolute atomic E-state index is 0.0687. The van der Waals surface area contributed by atoms with Crippen LogP contribution in [0.2, 0.25) is 0 Å². The molecule has 0 unspecified atom stereocenters. The number of benzene rings is 2. The Morgan fingerprint density at radius 3 is 2.18 bits per heavy atom. The van der Waals surface area contributed by atoms with Crippen molar-refractivity contribution in [1.29, 1.82) is 0 Å². The average molecular weight is 485 g/mol. The normalized spacial score (nSPS) is 11.7. The van der Waals surface area contributed by atoms with Gasteiger partial charge in [0.1, 0.15) is 0 Å². The Morgan fingerprint density at radius 2 is 1.56 bits per heavy atom. The lowest BCUT2D eigenvalue weighted by molar-refractivity contribution is -0.143. The third-order valence-corrected chi connectivity index (χ3v) is 4.42. The number of carbonyl (C=O) groups is 2. The maximum atomic E-state index is 13.8. The molecule has 2 aromatic carbocycles. The molecule has 13 heteroatoms. The second-order valence-electron chi connectivity index (χ2n) is 6.88. The van der Waals surface area contributed by atoms with Gasteiger partial charge in [0.05, 0.1) is 23.0 Å². The van der Waals surface area contributed by atoms with Gasteiger partial charge in [-0.2, -0.15) is 31.4 Å². The SMILES string of the molecule is CCNC(=O)Nc1cccc(NC(=O)c2cnn(-c3cccc(C(F)(F)F)c3)c2C(F)(F)F)c1. The monoisotopic (exact) mass is 485 g/mol. The first-order valence-corrected chi connectivity index (χ1v) is 9.69. The molecule has 0 saturated heterocycles. The number of aromatic nitrogens is 2. The highest BCUT2D eigenvalue weighted by Gasteiger charge is 2.41. The minimum Gasteiger partial charge on any atom is -0.338 e. The van der Waals surface area contributed by atoms with E-state index in [9.17, 15) is 35.9 Å². The Labute approximate surface area is 188 Å². The molecule has 3 rings (SSSR count). The summed E-state index contributed by atoms with van der Waals surface area (Å²) in [5, 5.41) is 10.8. The molecule has 0 aliphatic carbocycles. The molecule has 7 nitrogen and oxygen atoms in total. The molecule has 0 saturated carbocycles. The Morgan fingerprint density at radius 1 is 0.912 bits per heavy atom. The second-order valence-corrected chi connectivity index (χ2v) is 6.88. The van der Waals surface area contributed by atoms with Crippen LogP contribution < -0.4 is 16.0 Å². The largest absolute Gasteiger partial charge is 0.434 e. The minimum atomic E-state index is -5.11. The maximum Gasteiger partial charge on any atom is 0.434 e. The quantitative estimate of drug-likeness (QED) is 0.429. The zero-order valence-corrected chi connectivity index (χ0v) is 17.4. The van der Waals surface area contributed by atoms with Crippen LogP contribution in [0.1, 0.15) is 28.5 Å². The molecular weight excluding hydrogens is 468 g/mol. The topological polar surface area (TPSA) is 88.1 Å². The molecule has 0 atom stereocenters. The number of urea groups is 1. The summed E-state index contributed by atoms with van der Waals surface area (Å²) < 4.78 is 80.7. The zero-order valence-electron chi connectivity index (χ0n) is 17.4. The molecule has 3 N–H and O–H groups in total. The first-order valence-electron chi connectivity index (χ1n) is 9.69. The van der Waals surface area contributed by atoms with Crippen molar-refractivity contribution in [3.8, 4) is 5.69 Å². The van der Waals surface area contributed by atoms with Gasteiger partial charge in [-0.1, -0.05) is 12.1 Å². The van der Waals surface area contributed by atoms with Crippen LogP contribution in [0.15, 0.2) is 54.7 Å². The van der Waals surface area contributed by atoms with Crippen molar-refractivity contribution in [3.05, 3.63) is 71.5 Å². The van der Waals surface area contributed by atoms with Crippen molar-refractivity contribution in [2.45, 2.75) is 19.3 Å². The van der Waals surface area contributed by atoms with E-state index in [4.69, 9.17) is 0 Å². The summed E-state index contributed by atoms with van der Waals surface area (Å²) in [4.78, 5) is 24.3. The first-order chi connectivity index (χ1) is 15.9. The number of amides is 3.